The van der Waals surface area contributed by atoms with E-state index in [9.17, 15) is 0 Å². The number of hydrogen-bond donors (Lipinski definition) is 1. The molecule has 1 heterocycles. The van der Waals surface area contributed by atoms with E-state index in [1.165, 1.54) is 16.9 Å². The predicted octanol–water partition coefficient (Wildman–Crippen LogP) is 5.28. The zero-order chi connectivity index (χ0) is 12.6. The molecule has 0 fully saturated rings. The maximum absolute atomic E-state index is 6.25. The number of halogens is 3. The van der Waals surface area contributed by atoms with Crippen LogP contribution in [0.4, 0.5) is 0 Å². The molecule has 0 aliphatic rings. The smallest absolute Gasteiger partial charge is 0.107 e. The second-order valence-corrected chi connectivity index (χ2v) is 7.27. The highest BCUT2D eigenvalue weighted by Gasteiger charge is 2.14. The van der Waals surface area contributed by atoms with Gasteiger partial charge in [-0.2, -0.15) is 0 Å². The summed E-state index contributed by atoms with van der Waals surface area (Å²) in [5.74, 6) is 0. The molecule has 0 amide bonds. The van der Waals surface area contributed by atoms with E-state index in [0.717, 1.165) is 23.7 Å². The molecule has 0 spiro atoms. The highest BCUT2D eigenvalue weighted by molar-refractivity contribution is 9.10. The second-order valence-electron chi connectivity index (χ2n) is 3.81. The average molecular weight is 396 g/mol. The molecule has 0 aliphatic carbocycles. The lowest BCUT2D eigenvalue weighted by molar-refractivity contribution is 0.890. The summed E-state index contributed by atoms with van der Waals surface area (Å²) in [7, 11) is 0. The molecule has 0 radical (unpaired) electrons. The van der Waals surface area contributed by atoms with E-state index in [1.807, 2.05) is 12.1 Å². The fourth-order valence-electron chi connectivity index (χ4n) is 1.63. The van der Waals surface area contributed by atoms with Gasteiger partial charge in [-0.05, 0) is 52.2 Å². The zero-order valence-electron chi connectivity index (χ0n) is 9.01. The van der Waals surface area contributed by atoms with Crippen LogP contribution in [0, 0.1) is 6.92 Å². The van der Waals surface area contributed by atoms with Gasteiger partial charge >= 0.3 is 0 Å². The molecule has 0 saturated carbocycles. The van der Waals surface area contributed by atoms with E-state index in [-0.39, 0.29) is 6.04 Å². The number of hydrogen-bond acceptors (Lipinski definition) is 2. The summed E-state index contributed by atoms with van der Waals surface area (Å²) in [5, 5.41) is 0. The van der Waals surface area contributed by atoms with E-state index in [4.69, 9.17) is 17.3 Å². The molecule has 0 bridgehead atoms. The van der Waals surface area contributed by atoms with Crippen molar-refractivity contribution in [1.82, 2.24) is 0 Å². The van der Waals surface area contributed by atoms with Crippen molar-refractivity contribution in [3.63, 3.8) is 0 Å². The zero-order valence-corrected chi connectivity index (χ0v) is 13.8. The number of benzene rings is 1. The van der Waals surface area contributed by atoms with E-state index >= 15 is 0 Å². The summed E-state index contributed by atoms with van der Waals surface area (Å²) < 4.78 is 2.69. The molecular formula is C12H10Br2ClNS. The number of nitrogens with two attached hydrogens (primary N) is 1. The van der Waals surface area contributed by atoms with Crippen LogP contribution in [0.3, 0.4) is 0 Å². The maximum Gasteiger partial charge on any atom is 0.107 e. The third kappa shape index (κ3) is 3.12. The Hall–Kier alpha value is 0.130. The topological polar surface area (TPSA) is 26.0 Å². The number of thiophene rings is 1. The van der Waals surface area contributed by atoms with Gasteiger partial charge in [0.05, 0.1) is 6.04 Å². The summed E-state index contributed by atoms with van der Waals surface area (Å²) in [6.45, 7) is 2.05. The standard InChI is InChI=1S/C12H10Br2ClNS/c1-6-2-7(4-8(13)3-6)11(16)10-5-9(14)12(15)17-10/h2-5,11H,16H2,1H3. The minimum atomic E-state index is -0.139. The predicted molar refractivity (Wildman–Crippen MR) is 81.9 cm³/mol. The highest BCUT2D eigenvalue weighted by Crippen LogP contribution is 2.36. The van der Waals surface area contributed by atoms with Crippen LogP contribution < -0.4 is 5.73 Å². The van der Waals surface area contributed by atoms with Crippen LogP contribution in [-0.4, -0.2) is 0 Å². The van der Waals surface area contributed by atoms with E-state index < -0.39 is 0 Å². The second kappa shape index (κ2) is 5.41. The van der Waals surface area contributed by atoms with Gasteiger partial charge in [0, 0.05) is 13.8 Å². The Morgan fingerprint density at radius 1 is 1.24 bits per heavy atom. The van der Waals surface area contributed by atoms with Crippen LogP contribution in [0.5, 0.6) is 0 Å². The Morgan fingerprint density at radius 2 is 1.94 bits per heavy atom. The largest absolute Gasteiger partial charge is 0.320 e. The van der Waals surface area contributed by atoms with Crippen molar-refractivity contribution in [3.05, 3.63) is 53.6 Å². The SMILES string of the molecule is Cc1cc(Br)cc(C(N)c2cc(Br)c(Cl)s2)c1. The monoisotopic (exact) mass is 393 g/mol. The van der Waals surface area contributed by atoms with Gasteiger partial charge in [0.25, 0.3) is 0 Å². The molecule has 17 heavy (non-hydrogen) atoms. The molecular weight excluding hydrogens is 385 g/mol. The molecule has 1 unspecified atom stereocenters. The van der Waals surface area contributed by atoms with Gasteiger partial charge < -0.3 is 5.73 Å². The van der Waals surface area contributed by atoms with Crippen molar-refractivity contribution in [1.29, 1.82) is 0 Å². The van der Waals surface area contributed by atoms with Crippen molar-refractivity contribution < 1.29 is 0 Å². The van der Waals surface area contributed by atoms with Crippen LogP contribution in [-0.2, 0) is 0 Å². The fourth-order valence-corrected chi connectivity index (χ4v) is 4.02. The molecule has 1 nitrogen and oxygen atoms in total. The van der Waals surface area contributed by atoms with Crippen LogP contribution in [0.15, 0.2) is 33.2 Å². The summed E-state index contributed by atoms with van der Waals surface area (Å²) in [4.78, 5) is 1.05. The Kier molecular flexibility index (Phi) is 4.31. The maximum atomic E-state index is 6.25. The molecule has 2 N–H and O–H groups in total. The van der Waals surface area contributed by atoms with Gasteiger partial charge in [-0.25, -0.2) is 0 Å². The van der Waals surface area contributed by atoms with E-state index in [0.29, 0.717) is 0 Å². The molecule has 0 saturated heterocycles. The Labute approximate surface area is 126 Å². The first kappa shape index (κ1) is 13.6. The third-order valence-electron chi connectivity index (χ3n) is 2.39. The molecule has 1 atom stereocenters. The lowest BCUT2D eigenvalue weighted by atomic mass is 10.0. The van der Waals surface area contributed by atoms with Crippen LogP contribution >= 0.6 is 54.8 Å². The van der Waals surface area contributed by atoms with Gasteiger partial charge in [0.15, 0.2) is 0 Å². The minimum absolute atomic E-state index is 0.139. The summed E-state index contributed by atoms with van der Waals surface area (Å²) in [6, 6.07) is 8.04. The van der Waals surface area contributed by atoms with Gasteiger partial charge in [0.2, 0.25) is 0 Å². The summed E-state index contributed by atoms with van der Waals surface area (Å²) in [5.41, 5.74) is 8.52. The summed E-state index contributed by atoms with van der Waals surface area (Å²) >= 11 is 14.4. The molecule has 1 aromatic carbocycles. The first-order valence-corrected chi connectivity index (χ1v) is 7.73. The lowest BCUT2D eigenvalue weighted by Crippen LogP contribution is -2.10. The third-order valence-corrected chi connectivity index (χ3v) is 5.41. The first-order valence-electron chi connectivity index (χ1n) is 4.95. The van der Waals surface area contributed by atoms with Crippen molar-refractivity contribution in [2.45, 2.75) is 13.0 Å². The molecule has 2 rings (SSSR count). The highest BCUT2D eigenvalue weighted by atomic mass is 79.9. The lowest BCUT2D eigenvalue weighted by Gasteiger charge is -2.11. The molecule has 5 heteroatoms. The van der Waals surface area contributed by atoms with E-state index in [2.05, 4.69) is 50.9 Å². The fraction of sp³-hybridized carbons (Fsp3) is 0.167. The van der Waals surface area contributed by atoms with Crippen LogP contribution in [0.25, 0.3) is 0 Å². The van der Waals surface area contributed by atoms with E-state index in [1.54, 1.807) is 0 Å². The van der Waals surface area contributed by atoms with Crippen LogP contribution in [0.1, 0.15) is 22.0 Å². The van der Waals surface area contributed by atoms with Crippen LogP contribution in [0.2, 0.25) is 4.34 Å². The Morgan fingerprint density at radius 3 is 2.47 bits per heavy atom. The molecule has 2 aromatic rings. The molecule has 0 aliphatic heterocycles. The minimum Gasteiger partial charge on any atom is -0.320 e. The first-order chi connectivity index (χ1) is 7.97. The number of rotatable bonds is 2. The van der Waals surface area contributed by atoms with Crippen molar-refractivity contribution in [2.75, 3.05) is 0 Å². The van der Waals surface area contributed by atoms with Gasteiger partial charge in [-0.3, -0.25) is 0 Å². The van der Waals surface area contributed by atoms with Gasteiger partial charge in [0.1, 0.15) is 4.34 Å². The Balaban J connectivity index is 2.39. The van der Waals surface area contributed by atoms with Gasteiger partial charge in [-0.15, -0.1) is 11.3 Å². The van der Waals surface area contributed by atoms with Gasteiger partial charge in [-0.1, -0.05) is 33.6 Å². The van der Waals surface area contributed by atoms with Crippen molar-refractivity contribution in [3.8, 4) is 0 Å². The number of aryl methyl sites for hydroxylation is 1. The normalized spacial score (nSPS) is 12.8. The molecule has 1 aromatic heterocycles. The van der Waals surface area contributed by atoms with Crippen molar-refractivity contribution >= 4 is 54.8 Å². The average Bonchev–Trinajstić information content (AvgIpc) is 2.57. The van der Waals surface area contributed by atoms with Crippen molar-refractivity contribution in [2.24, 2.45) is 5.73 Å². The summed E-state index contributed by atoms with van der Waals surface area (Å²) in [6.07, 6.45) is 0. The quantitative estimate of drug-likeness (QED) is 0.735. The molecule has 90 valence electrons. The Bertz CT molecular complexity index is 514.